The first-order valence-corrected chi connectivity index (χ1v) is 8.31. The first-order chi connectivity index (χ1) is 12.7. The van der Waals surface area contributed by atoms with Gasteiger partial charge in [0.05, 0.1) is 13.5 Å². The second-order valence-corrected chi connectivity index (χ2v) is 5.91. The third-order valence-electron chi connectivity index (χ3n) is 3.99. The minimum Gasteiger partial charge on any atom is -0.496 e. The van der Waals surface area contributed by atoms with Gasteiger partial charge >= 0.3 is 5.97 Å². The Morgan fingerprint density at radius 3 is 2.38 bits per heavy atom. The Kier molecular flexibility index (Phi) is 5.54. The molecule has 3 aromatic carbocycles. The molecule has 0 fully saturated rings. The third-order valence-corrected chi connectivity index (χ3v) is 3.99. The van der Waals surface area contributed by atoms with Crippen LogP contribution in [0.15, 0.2) is 72.8 Å². The Labute approximate surface area is 152 Å². The van der Waals surface area contributed by atoms with Crippen LogP contribution in [-0.4, -0.2) is 18.2 Å². The van der Waals surface area contributed by atoms with Crippen molar-refractivity contribution in [2.24, 2.45) is 0 Å². The molecule has 0 bridgehead atoms. The van der Waals surface area contributed by atoms with E-state index in [0.717, 1.165) is 22.4 Å². The highest BCUT2D eigenvalue weighted by molar-refractivity contribution is 5.75. The predicted molar refractivity (Wildman–Crippen MR) is 101 cm³/mol. The Bertz CT molecular complexity index is 888. The molecule has 0 aliphatic carbocycles. The number of ether oxygens (including phenoxy) is 2. The average molecular weight is 348 g/mol. The molecule has 1 N–H and O–H groups in total. The van der Waals surface area contributed by atoms with E-state index in [4.69, 9.17) is 14.6 Å². The maximum atomic E-state index is 11.2. The van der Waals surface area contributed by atoms with Crippen molar-refractivity contribution < 1.29 is 19.4 Å². The minimum absolute atomic E-state index is 0.0648. The highest BCUT2D eigenvalue weighted by atomic mass is 16.5. The Morgan fingerprint density at radius 1 is 0.923 bits per heavy atom. The van der Waals surface area contributed by atoms with Crippen molar-refractivity contribution in [2.75, 3.05) is 7.11 Å². The number of para-hydroxylation sites is 1. The average Bonchev–Trinajstić information content (AvgIpc) is 2.66. The molecule has 0 saturated carbocycles. The van der Waals surface area contributed by atoms with E-state index in [1.54, 1.807) is 13.2 Å². The van der Waals surface area contributed by atoms with Gasteiger partial charge in [0.15, 0.2) is 0 Å². The summed E-state index contributed by atoms with van der Waals surface area (Å²) in [4.78, 5) is 11.2. The molecule has 0 unspecified atom stereocenters. The van der Waals surface area contributed by atoms with Gasteiger partial charge in [-0.1, -0.05) is 54.6 Å². The molecule has 0 aliphatic heterocycles. The molecule has 0 amide bonds. The van der Waals surface area contributed by atoms with Crippen molar-refractivity contribution >= 4 is 5.97 Å². The van der Waals surface area contributed by atoms with E-state index >= 15 is 0 Å². The molecule has 0 heterocycles. The van der Waals surface area contributed by atoms with Crippen LogP contribution in [0.4, 0.5) is 0 Å². The number of methoxy groups -OCH3 is 1. The van der Waals surface area contributed by atoms with E-state index in [1.807, 2.05) is 66.7 Å². The molecule has 3 rings (SSSR count). The second kappa shape index (κ2) is 8.21. The number of hydrogen-bond donors (Lipinski definition) is 1. The van der Waals surface area contributed by atoms with Crippen LogP contribution in [0.25, 0.3) is 11.1 Å². The van der Waals surface area contributed by atoms with Crippen LogP contribution in [0, 0.1) is 0 Å². The summed E-state index contributed by atoms with van der Waals surface area (Å²) in [6, 6.07) is 23.0. The smallest absolute Gasteiger partial charge is 0.307 e. The highest BCUT2D eigenvalue weighted by Crippen LogP contribution is 2.33. The maximum Gasteiger partial charge on any atom is 0.307 e. The van der Waals surface area contributed by atoms with Crippen molar-refractivity contribution in [3.05, 3.63) is 83.9 Å². The first-order valence-electron chi connectivity index (χ1n) is 8.31. The summed E-state index contributed by atoms with van der Waals surface area (Å²) >= 11 is 0. The van der Waals surface area contributed by atoms with Crippen LogP contribution in [0.2, 0.25) is 0 Å². The Morgan fingerprint density at radius 2 is 1.65 bits per heavy atom. The second-order valence-electron chi connectivity index (χ2n) is 5.91. The standard InChI is InChI=1S/C22H20O4/c1-25-21-10-6-5-9-20(21)18-11-17(13-22(23)24)12-19(14-18)26-15-16-7-3-2-4-8-16/h2-12,14H,13,15H2,1H3,(H,23,24). The molecular weight excluding hydrogens is 328 g/mol. The first kappa shape index (κ1) is 17.5. The van der Waals surface area contributed by atoms with Gasteiger partial charge in [-0.2, -0.15) is 0 Å². The lowest BCUT2D eigenvalue weighted by atomic mass is 10.0. The van der Waals surface area contributed by atoms with E-state index in [1.165, 1.54) is 0 Å². The van der Waals surface area contributed by atoms with Crippen LogP contribution in [0.3, 0.4) is 0 Å². The summed E-state index contributed by atoms with van der Waals surface area (Å²) in [5.41, 5.74) is 3.50. The molecule has 4 heteroatoms. The monoisotopic (exact) mass is 348 g/mol. The lowest BCUT2D eigenvalue weighted by Gasteiger charge is -2.13. The van der Waals surface area contributed by atoms with Gasteiger partial charge < -0.3 is 14.6 Å². The van der Waals surface area contributed by atoms with Crippen molar-refractivity contribution in [2.45, 2.75) is 13.0 Å². The molecule has 0 atom stereocenters. The van der Waals surface area contributed by atoms with E-state index < -0.39 is 5.97 Å². The van der Waals surface area contributed by atoms with Crippen molar-refractivity contribution in [1.29, 1.82) is 0 Å². The summed E-state index contributed by atoms with van der Waals surface area (Å²) in [5.74, 6) is 0.485. The predicted octanol–water partition coefficient (Wildman–Crippen LogP) is 4.57. The van der Waals surface area contributed by atoms with Crippen LogP contribution >= 0.6 is 0 Å². The van der Waals surface area contributed by atoms with Gasteiger partial charge in [0.2, 0.25) is 0 Å². The van der Waals surface area contributed by atoms with Gasteiger partial charge in [-0.15, -0.1) is 0 Å². The molecule has 0 spiro atoms. The molecule has 0 radical (unpaired) electrons. The lowest BCUT2D eigenvalue weighted by molar-refractivity contribution is -0.136. The van der Waals surface area contributed by atoms with Gasteiger partial charge in [0, 0.05) is 5.56 Å². The minimum atomic E-state index is -0.879. The van der Waals surface area contributed by atoms with E-state index in [9.17, 15) is 4.79 Å². The zero-order valence-corrected chi connectivity index (χ0v) is 14.5. The van der Waals surface area contributed by atoms with Gasteiger partial charge in [-0.25, -0.2) is 0 Å². The molecule has 0 aromatic heterocycles. The largest absolute Gasteiger partial charge is 0.496 e. The number of carboxylic acids is 1. The van der Waals surface area contributed by atoms with Crippen LogP contribution in [-0.2, 0) is 17.8 Å². The van der Waals surface area contributed by atoms with Gasteiger partial charge in [-0.3, -0.25) is 4.79 Å². The maximum absolute atomic E-state index is 11.2. The van der Waals surface area contributed by atoms with E-state index in [2.05, 4.69) is 0 Å². The number of carboxylic acid groups (broad SMARTS) is 1. The molecule has 3 aromatic rings. The number of carbonyl (C=O) groups is 1. The number of benzene rings is 3. The highest BCUT2D eigenvalue weighted by Gasteiger charge is 2.11. The Hall–Kier alpha value is -3.27. The van der Waals surface area contributed by atoms with Crippen LogP contribution in [0.5, 0.6) is 11.5 Å². The summed E-state index contributed by atoms with van der Waals surface area (Å²) in [6.07, 6.45) is -0.0648. The zero-order chi connectivity index (χ0) is 18.4. The SMILES string of the molecule is COc1ccccc1-c1cc(CC(=O)O)cc(OCc2ccccc2)c1. The van der Waals surface area contributed by atoms with Crippen LogP contribution in [0.1, 0.15) is 11.1 Å². The molecule has 0 aliphatic rings. The third kappa shape index (κ3) is 4.42. The number of aliphatic carboxylic acids is 1. The fourth-order valence-electron chi connectivity index (χ4n) is 2.80. The fourth-order valence-corrected chi connectivity index (χ4v) is 2.80. The summed E-state index contributed by atoms with van der Waals surface area (Å²) in [5, 5.41) is 9.16. The normalized spacial score (nSPS) is 10.3. The van der Waals surface area contributed by atoms with E-state index in [0.29, 0.717) is 17.9 Å². The van der Waals surface area contributed by atoms with Gasteiger partial charge in [-0.05, 0) is 34.9 Å². The van der Waals surface area contributed by atoms with Gasteiger partial charge in [0.1, 0.15) is 18.1 Å². The summed E-state index contributed by atoms with van der Waals surface area (Å²) in [7, 11) is 1.62. The summed E-state index contributed by atoms with van der Waals surface area (Å²) in [6.45, 7) is 0.419. The molecule has 132 valence electrons. The topological polar surface area (TPSA) is 55.8 Å². The van der Waals surface area contributed by atoms with Gasteiger partial charge in [0.25, 0.3) is 0 Å². The number of hydrogen-bond acceptors (Lipinski definition) is 3. The number of rotatable bonds is 7. The molecule has 0 saturated heterocycles. The van der Waals surface area contributed by atoms with Crippen molar-refractivity contribution in [3.63, 3.8) is 0 Å². The quantitative estimate of drug-likeness (QED) is 0.680. The molecular formula is C22H20O4. The van der Waals surface area contributed by atoms with Crippen molar-refractivity contribution in [3.8, 4) is 22.6 Å². The van der Waals surface area contributed by atoms with Crippen LogP contribution < -0.4 is 9.47 Å². The summed E-state index contributed by atoms with van der Waals surface area (Å²) < 4.78 is 11.3. The fraction of sp³-hybridized carbons (Fsp3) is 0.136. The lowest BCUT2D eigenvalue weighted by Crippen LogP contribution is -2.02. The molecule has 26 heavy (non-hydrogen) atoms. The van der Waals surface area contributed by atoms with E-state index in [-0.39, 0.29) is 6.42 Å². The molecule has 4 nitrogen and oxygen atoms in total. The van der Waals surface area contributed by atoms with Crippen molar-refractivity contribution in [1.82, 2.24) is 0 Å². The Balaban J connectivity index is 1.94. The zero-order valence-electron chi connectivity index (χ0n) is 14.5.